The Balaban J connectivity index is 1.67. The van der Waals surface area contributed by atoms with Gasteiger partial charge < -0.3 is 10.1 Å². The van der Waals surface area contributed by atoms with Crippen LogP contribution in [-0.4, -0.2) is 22.1 Å². The highest BCUT2D eigenvalue weighted by Gasteiger charge is 2.12. The van der Waals surface area contributed by atoms with E-state index < -0.39 is 0 Å². The number of ether oxygens (including phenoxy) is 1. The maximum atomic E-state index is 9.28. The van der Waals surface area contributed by atoms with Crippen molar-refractivity contribution in [1.82, 2.24) is 15.0 Å². The van der Waals surface area contributed by atoms with Gasteiger partial charge in [0.2, 0.25) is 0 Å². The normalized spacial score (nSPS) is 10.5. The summed E-state index contributed by atoms with van der Waals surface area (Å²) in [5.74, 6) is 2.02. The maximum Gasteiger partial charge on any atom is 0.163 e. The minimum atomic E-state index is 0.572. The molecule has 0 spiro atoms. The third-order valence-electron chi connectivity index (χ3n) is 5.27. The van der Waals surface area contributed by atoms with E-state index in [0.717, 1.165) is 39.0 Å². The fourth-order valence-electron chi connectivity index (χ4n) is 3.63. The Bertz CT molecular complexity index is 1490. The molecule has 6 heteroatoms. The van der Waals surface area contributed by atoms with Crippen LogP contribution in [0.1, 0.15) is 5.56 Å². The molecule has 0 fully saturated rings. The highest BCUT2D eigenvalue weighted by Crippen LogP contribution is 2.32. The Kier molecular flexibility index (Phi) is 5.36. The van der Waals surface area contributed by atoms with Crippen molar-refractivity contribution in [3.8, 4) is 34.3 Å². The van der Waals surface area contributed by atoms with Crippen LogP contribution in [0.4, 0.5) is 11.5 Å². The van der Waals surface area contributed by atoms with Crippen molar-refractivity contribution in [2.24, 2.45) is 0 Å². The van der Waals surface area contributed by atoms with Crippen molar-refractivity contribution in [2.45, 2.75) is 0 Å². The van der Waals surface area contributed by atoms with Gasteiger partial charge in [0.15, 0.2) is 5.82 Å². The van der Waals surface area contributed by atoms with Crippen LogP contribution in [0, 0.1) is 11.3 Å². The molecule has 0 bridgehead atoms. The molecule has 2 heterocycles. The van der Waals surface area contributed by atoms with Gasteiger partial charge in [-0.1, -0.05) is 24.3 Å². The Morgan fingerprint density at radius 2 is 1.70 bits per heavy atom. The van der Waals surface area contributed by atoms with Gasteiger partial charge in [-0.25, -0.2) is 9.97 Å². The van der Waals surface area contributed by atoms with Crippen LogP contribution < -0.4 is 10.1 Å². The molecule has 33 heavy (non-hydrogen) atoms. The van der Waals surface area contributed by atoms with Crippen molar-refractivity contribution in [1.29, 1.82) is 5.26 Å². The van der Waals surface area contributed by atoms with E-state index in [1.54, 1.807) is 31.6 Å². The molecule has 0 saturated carbocycles. The van der Waals surface area contributed by atoms with Gasteiger partial charge in [0.25, 0.3) is 0 Å². The SMILES string of the molecule is COc1cccc(-c2ccc3nc(-c4cccnc4)nc(Nc4cccc(C#N)c4)c3c2)c1. The third-order valence-corrected chi connectivity index (χ3v) is 5.27. The number of nitrogens with zero attached hydrogens (tertiary/aromatic N) is 4. The molecule has 2 aromatic heterocycles. The Morgan fingerprint density at radius 1 is 0.848 bits per heavy atom. The van der Waals surface area contributed by atoms with Crippen LogP contribution in [0.15, 0.2) is 91.3 Å². The zero-order valence-electron chi connectivity index (χ0n) is 17.9. The van der Waals surface area contributed by atoms with Crippen molar-refractivity contribution in [2.75, 3.05) is 12.4 Å². The standard InChI is InChI=1S/C27H19N5O/c1-33-23-9-3-6-19(14-23)20-10-11-25-24(15-20)27(30-22-8-2-5-18(13-22)16-28)32-26(31-25)21-7-4-12-29-17-21/h2-15,17H,1H3,(H,30,31,32). The number of fused-ring (bicyclic) bond motifs is 1. The topological polar surface area (TPSA) is 83.7 Å². The van der Waals surface area contributed by atoms with Gasteiger partial charge in [-0.15, -0.1) is 0 Å². The van der Waals surface area contributed by atoms with Gasteiger partial charge in [-0.3, -0.25) is 4.98 Å². The lowest BCUT2D eigenvalue weighted by molar-refractivity contribution is 0.415. The number of aromatic nitrogens is 3. The summed E-state index contributed by atoms with van der Waals surface area (Å²) in [4.78, 5) is 13.8. The van der Waals surface area contributed by atoms with Gasteiger partial charge >= 0.3 is 0 Å². The first-order chi connectivity index (χ1) is 16.2. The van der Waals surface area contributed by atoms with Gasteiger partial charge in [0.1, 0.15) is 11.6 Å². The molecule has 0 radical (unpaired) electrons. The molecule has 0 unspecified atom stereocenters. The van der Waals surface area contributed by atoms with E-state index in [-0.39, 0.29) is 0 Å². The van der Waals surface area contributed by atoms with Crippen LogP contribution in [0.5, 0.6) is 5.75 Å². The minimum absolute atomic E-state index is 0.572. The van der Waals surface area contributed by atoms with E-state index in [2.05, 4.69) is 22.4 Å². The van der Waals surface area contributed by atoms with E-state index in [9.17, 15) is 5.26 Å². The van der Waals surface area contributed by atoms with Crippen LogP contribution in [0.3, 0.4) is 0 Å². The lowest BCUT2D eigenvalue weighted by atomic mass is 10.0. The number of rotatable bonds is 5. The lowest BCUT2D eigenvalue weighted by Gasteiger charge is -2.13. The zero-order chi connectivity index (χ0) is 22.6. The average Bonchev–Trinajstić information content (AvgIpc) is 2.89. The number of methoxy groups -OCH3 is 1. The molecule has 0 amide bonds. The molecule has 0 aliphatic rings. The number of hydrogen-bond donors (Lipinski definition) is 1. The second-order valence-electron chi connectivity index (χ2n) is 7.42. The molecule has 5 rings (SSSR count). The summed E-state index contributed by atoms with van der Waals surface area (Å²) in [5.41, 5.74) is 5.03. The largest absolute Gasteiger partial charge is 0.497 e. The number of anilines is 2. The van der Waals surface area contributed by atoms with Gasteiger partial charge in [0.05, 0.1) is 24.3 Å². The first kappa shape index (κ1) is 20.2. The van der Waals surface area contributed by atoms with Gasteiger partial charge in [-0.05, 0) is 65.7 Å². The zero-order valence-corrected chi connectivity index (χ0v) is 17.9. The summed E-state index contributed by atoms with van der Waals surface area (Å²) in [6.45, 7) is 0. The van der Waals surface area contributed by atoms with Crippen LogP contribution in [-0.2, 0) is 0 Å². The molecule has 0 aliphatic carbocycles. The van der Waals surface area contributed by atoms with E-state index in [1.807, 2.05) is 60.7 Å². The molecular weight excluding hydrogens is 410 g/mol. The smallest absolute Gasteiger partial charge is 0.163 e. The quantitative estimate of drug-likeness (QED) is 0.370. The van der Waals surface area contributed by atoms with Crippen molar-refractivity contribution in [3.63, 3.8) is 0 Å². The molecule has 6 nitrogen and oxygen atoms in total. The fraction of sp³-hybridized carbons (Fsp3) is 0.0370. The molecule has 0 aliphatic heterocycles. The summed E-state index contributed by atoms with van der Waals surface area (Å²) in [7, 11) is 1.66. The summed E-state index contributed by atoms with van der Waals surface area (Å²) >= 11 is 0. The Morgan fingerprint density at radius 3 is 2.52 bits per heavy atom. The fourth-order valence-corrected chi connectivity index (χ4v) is 3.63. The lowest BCUT2D eigenvalue weighted by Crippen LogP contribution is -2.00. The second-order valence-corrected chi connectivity index (χ2v) is 7.42. The predicted octanol–water partition coefficient (Wildman–Crippen LogP) is 5.98. The first-order valence-corrected chi connectivity index (χ1v) is 10.4. The molecule has 5 aromatic rings. The summed E-state index contributed by atoms with van der Waals surface area (Å²) in [5, 5.41) is 13.5. The van der Waals surface area contributed by atoms with Crippen LogP contribution >= 0.6 is 0 Å². The maximum absolute atomic E-state index is 9.28. The number of pyridine rings is 1. The number of benzene rings is 3. The highest BCUT2D eigenvalue weighted by atomic mass is 16.5. The number of nitrogens with one attached hydrogen (secondary N) is 1. The molecule has 0 atom stereocenters. The van der Waals surface area contributed by atoms with Crippen molar-refractivity contribution >= 4 is 22.4 Å². The van der Waals surface area contributed by atoms with E-state index in [4.69, 9.17) is 14.7 Å². The van der Waals surface area contributed by atoms with Crippen LogP contribution in [0.25, 0.3) is 33.4 Å². The molecular formula is C27H19N5O. The number of nitriles is 1. The molecule has 3 aromatic carbocycles. The summed E-state index contributed by atoms with van der Waals surface area (Å²) in [6.07, 6.45) is 3.46. The highest BCUT2D eigenvalue weighted by molar-refractivity contribution is 5.95. The molecule has 158 valence electrons. The monoisotopic (exact) mass is 429 g/mol. The third kappa shape index (κ3) is 4.21. The first-order valence-electron chi connectivity index (χ1n) is 10.4. The van der Waals surface area contributed by atoms with E-state index >= 15 is 0 Å². The molecule has 0 saturated heterocycles. The van der Waals surface area contributed by atoms with Crippen molar-refractivity contribution < 1.29 is 4.74 Å². The van der Waals surface area contributed by atoms with E-state index in [0.29, 0.717) is 17.2 Å². The summed E-state index contributed by atoms with van der Waals surface area (Å²) < 4.78 is 5.38. The summed E-state index contributed by atoms with van der Waals surface area (Å²) in [6, 6.07) is 27.3. The second kappa shape index (κ2) is 8.77. The van der Waals surface area contributed by atoms with E-state index in [1.165, 1.54) is 0 Å². The Labute approximate surface area is 191 Å². The van der Waals surface area contributed by atoms with Gasteiger partial charge in [0, 0.05) is 29.0 Å². The predicted molar refractivity (Wildman–Crippen MR) is 129 cm³/mol. The van der Waals surface area contributed by atoms with Crippen molar-refractivity contribution in [3.05, 3.63) is 96.8 Å². The number of hydrogen-bond acceptors (Lipinski definition) is 6. The minimum Gasteiger partial charge on any atom is -0.497 e. The average molecular weight is 429 g/mol. The molecule has 1 N–H and O–H groups in total. The van der Waals surface area contributed by atoms with Gasteiger partial charge in [-0.2, -0.15) is 5.26 Å². The Hall–Kier alpha value is -4.76. The van der Waals surface area contributed by atoms with Crippen LogP contribution in [0.2, 0.25) is 0 Å².